The first kappa shape index (κ1) is 22.6. The third kappa shape index (κ3) is 5.95. The quantitative estimate of drug-likeness (QED) is 0.699. The minimum Gasteiger partial charge on any atom is -0.379 e. The van der Waals surface area contributed by atoms with E-state index in [4.69, 9.17) is 16.3 Å². The molecule has 1 fully saturated rings. The Morgan fingerprint density at radius 2 is 1.77 bits per heavy atom. The SMILES string of the molecule is CN(c1ccc(Cl)c(C(=O)NCc2ccc(CN3CCOCC3)cc2)c1)S(C)(=O)=O. The van der Waals surface area contributed by atoms with Gasteiger partial charge in [-0.2, -0.15) is 0 Å². The zero-order chi connectivity index (χ0) is 21.7. The van der Waals surface area contributed by atoms with E-state index >= 15 is 0 Å². The van der Waals surface area contributed by atoms with Gasteiger partial charge in [0.25, 0.3) is 5.91 Å². The fourth-order valence-electron chi connectivity index (χ4n) is 3.13. The van der Waals surface area contributed by atoms with Crippen LogP contribution in [0.2, 0.25) is 5.02 Å². The summed E-state index contributed by atoms with van der Waals surface area (Å²) >= 11 is 6.16. The van der Waals surface area contributed by atoms with Crippen molar-refractivity contribution < 1.29 is 17.9 Å². The fraction of sp³-hybridized carbons (Fsp3) is 0.381. The smallest absolute Gasteiger partial charge is 0.253 e. The Kier molecular flexibility index (Phi) is 7.36. The maximum absolute atomic E-state index is 12.6. The molecule has 1 amide bonds. The van der Waals surface area contributed by atoms with E-state index in [1.807, 2.05) is 12.1 Å². The van der Waals surface area contributed by atoms with E-state index in [2.05, 4.69) is 22.3 Å². The summed E-state index contributed by atoms with van der Waals surface area (Å²) in [7, 11) is -2.00. The standard InChI is InChI=1S/C21H26ClN3O4S/c1-24(30(2,27)28)18-7-8-20(22)19(13-18)21(26)23-14-16-3-5-17(6-4-16)15-25-9-11-29-12-10-25/h3-8,13H,9-12,14-15H2,1-2H3,(H,23,26). The van der Waals surface area contributed by atoms with Gasteiger partial charge in [-0.3, -0.25) is 14.0 Å². The van der Waals surface area contributed by atoms with E-state index in [9.17, 15) is 13.2 Å². The fourth-order valence-corrected chi connectivity index (χ4v) is 3.83. The molecule has 1 heterocycles. The predicted octanol–water partition coefficient (Wildman–Crippen LogP) is 2.50. The molecular weight excluding hydrogens is 426 g/mol. The molecule has 1 aliphatic heterocycles. The molecule has 30 heavy (non-hydrogen) atoms. The number of hydrogen-bond donors (Lipinski definition) is 1. The first-order chi connectivity index (χ1) is 14.2. The van der Waals surface area contributed by atoms with Crippen LogP contribution in [-0.2, 0) is 27.8 Å². The number of amides is 1. The van der Waals surface area contributed by atoms with Crippen molar-refractivity contribution in [2.24, 2.45) is 0 Å². The van der Waals surface area contributed by atoms with Gasteiger partial charge >= 0.3 is 0 Å². The van der Waals surface area contributed by atoms with Crippen molar-refractivity contribution in [3.63, 3.8) is 0 Å². The number of carbonyl (C=O) groups excluding carboxylic acids is 1. The van der Waals surface area contributed by atoms with Crippen LogP contribution in [0.25, 0.3) is 0 Å². The average molecular weight is 452 g/mol. The molecule has 0 atom stereocenters. The maximum Gasteiger partial charge on any atom is 0.253 e. The van der Waals surface area contributed by atoms with E-state index in [1.54, 1.807) is 6.07 Å². The summed E-state index contributed by atoms with van der Waals surface area (Å²) in [5.41, 5.74) is 2.79. The van der Waals surface area contributed by atoms with Crippen LogP contribution in [0.1, 0.15) is 21.5 Å². The predicted molar refractivity (Wildman–Crippen MR) is 118 cm³/mol. The maximum atomic E-state index is 12.6. The number of morpholine rings is 1. The van der Waals surface area contributed by atoms with E-state index in [0.29, 0.717) is 12.2 Å². The lowest BCUT2D eigenvalue weighted by molar-refractivity contribution is 0.0342. The van der Waals surface area contributed by atoms with Crippen molar-refractivity contribution in [2.45, 2.75) is 13.1 Å². The summed E-state index contributed by atoms with van der Waals surface area (Å²) in [6, 6.07) is 12.7. The molecule has 0 aliphatic carbocycles. The highest BCUT2D eigenvalue weighted by molar-refractivity contribution is 7.92. The molecule has 2 aromatic carbocycles. The van der Waals surface area contributed by atoms with Crippen molar-refractivity contribution in [1.29, 1.82) is 0 Å². The summed E-state index contributed by atoms with van der Waals surface area (Å²) in [5, 5.41) is 3.11. The molecule has 0 unspecified atom stereocenters. The summed E-state index contributed by atoms with van der Waals surface area (Å²) < 4.78 is 30.0. The second kappa shape index (κ2) is 9.78. The van der Waals surface area contributed by atoms with Gasteiger partial charge in [0.15, 0.2) is 0 Å². The Morgan fingerprint density at radius 3 is 2.40 bits per heavy atom. The first-order valence-corrected chi connectivity index (χ1v) is 11.9. The molecule has 1 N–H and O–H groups in total. The Labute approximate surface area is 182 Å². The van der Waals surface area contributed by atoms with Gasteiger partial charge in [-0.15, -0.1) is 0 Å². The summed E-state index contributed by atoms with van der Waals surface area (Å²) in [6.07, 6.45) is 1.10. The summed E-state index contributed by atoms with van der Waals surface area (Å²) in [4.78, 5) is 15.0. The molecule has 0 spiro atoms. The van der Waals surface area contributed by atoms with Crippen molar-refractivity contribution in [2.75, 3.05) is 43.9 Å². The molecule has 3 rings (SSSR count). The van der Waals surface area contributed by atoms with Crippen molar-refractivity contribution in [3.8, 4) is 0 Å². The highest BCUT2D eigenvalue weighted by Crippen LogP contribution is 2.24. The largest absolute Gasteiger partial charge is 0.379 e. The Hall–Kier alpha value is -2.13. The minimum absolute atomic E-state index is 0.230. The van der Waals surface area contributed by atoms with Gasteiger partial charge in [0, 0.05) is 33.2 Å². The van der Waals surface area contributed by atoms with Crippen LogP contribution >= 0.6 is 11.6 Å². The van der Waals surface area contributed by atoms with Crippen LogP contribution in [0.5, 0.6) is 0 Å². The Bertz CT molecular complexity index is 990. The first-order valence-electron chi connectivity index (χ1n) is 9.63. The Balaban J connectivity index is 1.61. The molecule has 2 aromatic rings. The number of nitrogens with zero attached hydrogens (tertiary/aromatic N) is 2. The van der Waals surface area contributed by atoms with E-state index in [-0.39, 0.29) is 16.5 Å². The minimum atomic E-state index is -3.43. The van der Waals surface area contributed by atoms with Gasteiger partial charge in [-0.25, -0.2) is 8.42 Å². The topological polar surface area (TPSA) is 79.0 Å². The lowest BCUT2D eigenvalue weighted by Crippen LogP contribution is -2.35. The lowest BCUT2D eigenvalue weighted by Gasteiger charge is -2.26. The number of carbonyl (C=O) groups is 1. The lowest BCUT2D eigenvalue weighted by atomic mass is 10.1. The van der Waals surface area contributed by atoms with Crippen LogP contribution in [-0.4, -0.2) is 58.8 Å². The molecule has 0 aromatic heterocycles. The molecular formula is C21H26ClN3O4S. The second-order valence-corrected chi connectivity index (χ2v) is 9.70. The molecule has 0 radical (unpaired) electrons. The number of halogens is 1. The van der Waals surface area contributed by atoms with Gasteiger partial charge in [-0.05, 0) is 29.3 Å². The summed E-state index contributed by atoms with van der Waals surface area (Å²) in [6.45, 7) is 4.64. The summed E-state index contributed by atoms with van der Waals surface area (Å²) in [5.74, 6) is -0.360. The average Bonchev–Trinajstić information content (AvgIpc) is 2.73. The van der Waals surface area contributed by atoms with Crippen LogP contribution in [0.3, 0.4) is 0 Å². The van der Waals surface area contributed by atoms with E-state index in [1.165, 1.54) is 24.7 Å². The molecule has 7 nitrogen and oxygen atoms in total. The zero-order valence-corrected chi connectivity index (χ0v) is 18.7. The van der Waals surface area contributed by atoms with Gasteiger partial charge in [0.2, 0.25) is 10.0 Å². The van der Waals surface area contributed by atoms with Gasteiger partial charge in [0.05, 0.1) is 35.7 Å². The molecule has 0 saturated carbocycles. The third-order valence-electron chi connectivity index (χ3n) is 5.04. The van der Waals surface area contributed by atoms with E-state index in [0.717, 1.165) is 49.0 Å². The van der Waals surface area contributed by atoms with Gasteiger partial charge < -0.3 is 10.1 Å². The van der Waals surface area contributed by atoms with Gasteiger partial charge in [-0.1, -0.05) is 35.9 Å². The highest BCUT2D eigenvalue weighted by atomic mass is 35.5. The van der Waals surface area contributed by atoms with Crippen LogP contribution in [0, 0.1) is 0 Å². The number of hydrogen-bond acceptors (Lipinski definition) is 5. The molecule has 0 bridgehead atoms. The van der Waals surface area contributed by atoms with Crippen LogP contribution in [0.4, 0.5) is 5.69 Å². The Morgan fingerprint density at radius 1 is 1.13 bits per heavy atom. The van der Waals surface area contributed by atoms with Crippen LogP contribution in [0.15, 0.2) is 42.5 Å². The molecule has 1 aliphatic rings. The molecule has 1 saturated heterocycles. The number of nitrogens with one attached hydrogen (secondary N) is 1. The number of benzene rings is 2. The monoisotopic (exact) mass is 451 g/mol. The molecule has 9 heteroatoms. The third-order valence-corrected chi connectivity index (χ3v) is 6.58. The normalized spacial score (nSPS) is 15.0. The highest BCUT2D eigenvalue weighted by Gasteiger charge is 2.17. The second-order valence-electron chi connectivity index (χ2n) is 7.28. The van der Waals surface area contributed by atoms with Crippen molar-refractivity contribution in [3.05, 3.63) is 64.2 Å². The van der Waals surface area contributed by atoms with Crippen molar-refractivity contribution >= 4 is 33.2 Å². The number of rotatable bonds is 7. The van der Waals surface area contributed by atoms with Crippen molar-refractivity contribution in [1.82, 2.24) is 10.2 Å². The number of sulfonamides is 1. The zero-order valence-electron chi connectivity index (χ0n) is 17.1. The van der Waals surface area contributed by atoms with E-state index < -0.39 is 10.0 Å². The van der Waals surface area contributed by atoms with Gasteiger partial charge in [0.1, 0.15) is 0 Å². The number of ether oxygens (including phenoxy) is 1. The van der Waals surface area contributed by atoms with Crippen LogP contribution < -0.4 is 9.62 Å². The molecule has 162 valence electrons. The number of anilines is 1.